The van der Waals surface area contributed by atoms with Crippen LogP contribution >= 0.6 is 0 Å². The molecule has 0 saturated heterocycles. The number of rotatable bonds is 3. The average molecular weight is 284 g/mol. The Hall–Kier alpha value is -1.40. The smallest absolute Gasteiger partial charge is 0.338 e. The highest BCUT2D eigenvalue weighted by molar-refractivity contribution is 7.85. The van der Waals surface area contributed by atoms with E-state index in [1.807, 2.05) is 6.92 Å². The highest BCUT2D eigenvalue weighted by Crippen LogP contribution is 2.33. The summed E-state index contributed by atoms with van der Waals surface area (Å²) in [6.07, 6.45) is 3.79. The zero-order valence-electron chi connectivity index (χ0n) is 10.6. The van der Waals surface area contributed by atoms with Gasteiger partial charge in [-0.1, -0.05) is 0 Å². The zero-order chi connectivity index (χ0) is 14.1. The lowest BCUT2D eigenvalue weighted by atomic mass is 10.1. The van der Waals surface area contributed by atoms with Crippen LogP contribution < -0.4 is 0 Å². The van der Waals surface area contributed by atoms with Gasteiger partial charge in [-0.05, 0) is 56.9 Å². The van der Waals surface area contributed by atoms with Gasteiger partial charge in [0.15, 0.2) is 0 Å². The maximum atomic E-state index is 11.9. The molecule has 0 aromatic heterocycles. The molecule has 1 saturated carbocycles. The molecule has 0 atom stereocenters. The molecule has 19 heavy (non-hydrogen) atoms. The Balaban J connectivity index is 2.12. The van der Waals surface area contributed by atoms with Gasteiger partial charge in [0.25, 0.3) is 10.1 Å². The van der Waals surface area contributed by atoms with Crippen LogP contribution in [0.1, 0.15) is 43.0 Å². The molecular weight excluding hydrogens is 268 g/mol. The van der Waals surface area contributed by atoms with Crippen molar-refractivity contribution >= 4 is 16.1 Å². The van der Waals surface area contributed by atoms with Gasteiger partial charge in [0.05, 0.1) is 10.5 Å². The normalized spacial score (nSPS) is 18.2. The monoisotopic (exact) mass is 284 g/mol. The van der Waals surface area contributed by atoms with Crippen LogP contribution in [0.5, 0.6) is 0 Å². The van der Waals surface area contributed by atoms with Crippen molar-refractivity contribution in [3.63, 3.8) is 0 Å². The van der Waals surface area contributed by atoms with Crippen molar-refractivity contribution in [3.8, 4) is 0 Å². The Kier molecular flexibility index (Phi) is 3.64. The summed E-state index contributed by atoms with van der Waals surface area (Å²) in [6, 6.07) is 5.04. The van der Waals surface area contributed by atoms with Gasteiger partial charge in [-0.25, -0.2) is 4.79 Å². The third kappa shape index (κ3) is 3.33. The number of benzene rings is 1. The van der Waals surface area contributed by atoms with Gasteiger partial charge >= 0.3 is 5.97 Å². The molecule has 0 radical (unpaired) electrons. The number of hydrogen-bond acceptors (Lipinski definition) is 4. The second-order valence-electron chi connectivity index (χ2n) is 5.05. The number of hydrogen-bond donors (Lipinski definition) is 1. The molecule has 0 aliphatic heterocycles. The lowest BCUT2D eigenvalue weighted by Gasteiger charge is -2.24. The molecule has 1 fully saturated rings. The van der Waals surface area contributed by atoms with Gasteiger partial charge in [-0.3, -0.25) is 4.55 Å². The fraction of sp³-hybridized carbons (Fsp3) is 0.462. The molecule has 0 spiro atoms. The summed E-state index contributed by atoms with van der Waals surface area (Å²) in [5, 5.41) is 0. The Morgan fingerprint density at radius 3 is 2.21 bits per heavy atom. The van der Waals surface area contributed by atoms with Crippen LogP contribution in [0.15, 0.2) is 29.2 Å². The van der Waals surface area contributed by atoms with Gasteiger partial charge < -0.3 is 4.74 Å². The van der Waals surface area contributed by atoms with Crippen LogP contribution in [0.4, 0.5) is 0 Å². The Labute approximate surface area is 112 Å². The molecule has 0 unspecified atom stereocenters. The van der Waals surface area contributed by atoms with E-state index in [2.05, 4.69) is 0 Å². The summed E-state index contributed by atoms with van der Waals surface area (Å²) < 4.78 is 36.1. The van der Waals surface area contributed by atoms with E-state index in [0.717, 1.165) is 25.7 Å². The van der Waals surface area contributed by atoms with Gasteiger partial charge in [-0.2, -0.15) is 8.42 Å². The van der Waals surface area contributed by atoms with Crippen LogP contribution in [0.25, 0.3) is 0 Å². The maximum Gasteiger partial charge on any atom is 0.338 e. The summed E-state index contributed by atoms with van der Waals surface area (Å²) in [7, 11) is -4.23. The third-order valence-electron chi connectivity index (χ3n) is 3.39. The first kappa shape index (κ1) is 14.0. The molecule has 1 aliphatic carbocycles. The van der Waals surface area contributed by atoms with E-state index in [0.29, 0.717) is 0 Å². The first-order chi connectivity index (χ1) is 8.80. The molecule has 1 aromatic rings. The zero-order valence-corrected chi connectivity index (χ0v) is 11.4. The minimum atomic E-state index is -4.23. The number of ether oxygens (including phenoxy) is 1. The first-order valence-electron chi connectivity index (χ1n) is 6.11. The summed E-state index contributed by atoms with van der Waals surface area (Å²) >= 11 is 0. The molecule has 0 heterocycles. The van der Waals surface area contributed by atoms with Crippen LogP contribution in [-0.2, 0) is 14.9 Å². The van der Waals surface area contributed by atoms with Crippen molar-refractivity contribution in [1.29, 1.82) is 0 Å². The summed E-state index contributed by atoms with van der Waals surface area (Å²) in [6.45, 7) is 1.91. The summed E-state index contributed by atoms with van der Waals surface area (Å²) in [5.74, 6) is -0.466. The largest absolute Gasteiger partial charge is 0.456 e. The van der Waals surface area contributed by atoms with Gasteiger partial charge in [0.2, 0.25) is 0 Å². The predicted octanol–water partition coefficient (Wildman–Crippen LogP) is 2.42. The van der Waals surface area contributed by atoms with E-state index in [9.17, 15) is 13.2 Å². The minimum absolute atomic E-state index is 0.240. The SMILES string of the molecule is CC1(OC(=O)c2ccc(S(=O)(=O)O)cc2)CCCC1. The van der Waals surface area contributed by atoms with Crippen molar-refractivity contribution in [1.82, 2.24) is 0 Å². The van der Waals surface area contributed by atoms with Gasteiger partial charge in [0.1, 0.15) is 5.60 Å². The standard InChI is InChI=1S/C13H16O5S/c1-13(8-2-3-9-13)18-12(14)10-4-6-11(7-5-10)19(15,16)17/h4-7H,2-3,8-9H2,1H3,(H,15,16,17). The number of carbonyl (C=O) groups is 1. The highest BCUT2D eigenvalue weighted by atomic mass is 32.2. The van der Waals surface area contributed by atoms with E-state index >= 15 is 0 Å². The maximum absolute atomic E-state index is 11.9. The Morgan fingerprint density at radius 2 is 1.74 bits per heavy atom. The van der Waals surface area contributed by atoms with Crippen LogP contribution in [-0.4, -0.2) is 24.5 Å². The lowest BCUT2D eigenvalue weighted by Crippen LogP contribution is -2.28. The van der Waals surface area contributed by atoms with E-state index in [4.69, 9.17) is 9.29 Å². The van der Waals surface area contributed by atoms with Gasteiger partial charge in [-0.15, -0.1) is 0 Å². The fourth-order valence-corrected chi connectivity index (χ4v) is 2.75. The highest BCUT2D eigenvalue weighted by Gasteiger charge is 2.32. The molecule has 0 amide bonds. The topological polar surface area (TPSA) is 80.7 Å². The predicted molar refractivity (Wildman–Crippen MR) is 68.5 cm³/mol. The molecule has 1 N–H and O–H groups in total. The van der Waals surface area contributed by atoms with E-state index in [-0.39, 0.29) is 10.5 Å². The molecular formula is C13H16O5S. The molecule has 0 bridgehead atoms. The van der Waals surface area contributed by atoms with Crippen molar-refractivity contribution in [2.45, 2.75) is 43.1 Å². The van der Waals surface area contributed by atoms with E-state index in [1.54, 1.807) is 0 Å². The molecule has 104 valence electrons. The van der Waals surface area contributed by atoms with Crippen LogP contribution in [0, 0.1) is 0 Å². The third-order valence-corrected chi connectivity index (χ3v) is 4.26. The van der Waals surface area contributed by atoms with Crippen molar-refractivity contribution < 1.29 is 22.5 Å². The number of carbonyl (C=O) groups excluding carboxylic acids is 1. The number of esters is 1. The fourth-order valence-electron chi connectivity index (χ4n) is 2.27. The quantitative estimate of drug-likeness (QED) is 0.681. The van der Waals surface area contributed by atoms with Crippen molar-refractivity contribution in [3.05, 3.63) is 29.8 Å². The Bertz CT molecular complexity index is 568. The van der Waals surface area contributed by atoms with E-state index in [1.165, 1.54) is 24.3 Å². The molecule has 2 rings (SSSR count). The second-order valence-corrected chi connectivity index (χ2v) is 6.47. The average Bonchev–Trinajstić information content (AvgIpc) is 2.75. The first-order valence-corrected chi connectivity index (χ1v) is 7.55. The minimum Gasteiger partial charge on any atom is -0.456 e. The molecule has 5 nitrogen and oxygen atoms in total. The van der Waals surface area contributed by atoms with Crippen LogP contribution in [0.2, 0.25) is 0 Å². The van der Waals surface area contributed by atoms with Crippen molar-refractivity contribution in [2.24, 2.45) is 0 Å². The van der Waals surface area contributed by atoms with Crippen LogP contribution in [0.3, 0.4) is 0 Å². The molecule has 1 aromatic carbocycles. The summed E-state index contributed by atoms with van der Waals surface area (Å²) in [5.41, 5.74) is -0.140. The van der Waals surface area contributed by atoms with Gasteiger partial charge in [0, 0.05) is 0 Å². The summed E-state index contributed by atoms with van der Waals surface area (Å²) in [4.78, 5) is 11.7. The molecule has 6 heteroatoms. The molecule has 1 aliphatic rings. The van der Waals surface area contributed by atoms with E-state index < -0.39 is 21.7 Å². The Morgan fingerprint density at radius 1 is 1.21 bits per heavy atom. The lowest BCUT2D eigenvalue weighted by molar-refractivity contribution is -0.00610. The second kappa shape index (κ2) is 4.94. The van der Waals surface area contributed by atoms with Crippen molar-refractivity contribution in [2.75, 3.05) is 0 Å².